The number of esters is 1. The minimum atomic E-state index is -0.561. The van der Waals surface area contributed by atoms with Crippen molar-refractivity contribution in [1.29, 1.82) is 0 Å². The SMILES string of the molecule is CCCCN1C(=O)CC[C@@H](C(=O)OCC(=O)c2ccccc2)[C@@H]1c1ccccc1OC. The lowest BCUT2D eigenvalue weighted by molar-refractivity contribution is -0.156. The lowest BCUT2D eigenvalue weighted by atomic mass is 9.83. The van der Waals surface area contributed by atoms with Crippen LogP contribution in [0.5, 0.6) is 5.75 Å². The predicted molar refractivity (Wildman–Crippen MR) is 117 cm³/mol. The third kappa shape index (κ3) is 5.32. The molecule has 164 valence electrons. The summed E-state index contributed by atoms with van der Waals surface area (Å²) in [5, 5.41) is 0. The zero-order valence-electron chi connectivity index (χ0n) is 18.1. The molecule has 0 saturated carbocycles. The van der Waals surface area contributed by atoms with Crippen molar-refractivity contribution in [3.63, 3.8) is 0 Å². The number of benzene rings is 2. The van der Waals surface area contributed by atoms with Crippen LogP contribution in [0.25, 0.3) is 0 Å². The van der Waals surface area contributed by atoms with Gasteiger partial charge >= 0.3 is 5.97 Å². The topological polar surface area (TPSA) is 72.9 Å². The standard InChI is InChI=1S/C25H29NO5/c1-3-4-16-26-23(28)15-14-20(24(26)19-12-8-9-13-22(19)30-2)25(29)31-17-21(27)18-10-6-5-7-11-18/h5-13,20,24H,3-4,14-17H2,1-2H3/t20-,24+/m1/s1. The maximum absolute atomic E-state index is 13.1. The highest BCUT2D eigenvalue weighted by molar-refractivity contribution is 5.98. The van der Waals surface area contributed by atoms with E-state index in [1.54, 1.807) is 36.3 Å². The summed E-state index contributed by atoms with van der Waals surface area (Å²) in [7, 11) is 1.58. The van der Waals surface area contributed by atoms with Crippen molar-refractivity contribution in [2.75, 3.05) is 20.3 Å². The molecule has 0 aliphatic carbocycles. The van der Waals surface area contributed by atoms with E-state index in [4.69, 9.17) is 9.47 Å². The van der Waals surface area contributed by atoms with Gasteiger partial charge in [-0.25, -0.2) is 0 Å². The first-order valence-electron chi connectivity index (χ1n) is 10.7. The molecule has 0 N–H and O–H groups in total. The minimum Gasteiger partial charge on any atom is -0.496 e. The monoisotopic (exact) mass is 423 g/mol. The van der Waals surface area contributed by atoms with Gasteiger partial charge in [-0.15, -0.1) is 0 Å². The summed E-state index contributed by atoms with van der Waals surface area (Å²) in [6, 6.07) is 15.7. The molecule has 0 unspecified atom stereocenters. The molecule has 2 aromatic rings. The summed E-state index contributed by atoms with van der Waals surface area (Å²) in [6.45, 7) is 2.30. The molecule has 6 nitrogen and oxygen atoms in total. The first-order valence-corrected chi connectivity index (χ1v) is 10.7. The van der Waals surface area contributed by atoms with Crippen molar-refractivity contribution >= 4 is 17.7 Å². The number of nitrogens with zero attached hydrogens (tertiary/aromatic N) is 1. The van der Waals surface area contributed by atoms with Crippen LogP contribution in [-0.2, 0) is 14.3 Å². The Morgan fingerprint density at radius 1 is 1.06 bits per heavy atom. The molecule has 1 aliphatic rings. The third-order valence-electron chi connectivity index (χ3n) is 5.66. The molecular weight excluding hydrogens is 394 g/mol. The van der Waals surface area contributed by atoms with Crippen LogP contribution in [0.4, 0.5) is 0 Å². The quantitative estimate of drug-likeness (QED) is 0.446. The third-order valence-corrected chi connectivity index (χ3v) is 5.66. The molecule has 0 spiro atoms. The van der Waals surface area contributed by atoms with Gasteiger partial charge in [-0.3, -0.25) is 14.4 Å². The van der Waals surface area contributed by atoms with Gasteiger partial charge in [0.25, 0.3) is 0 Å². The Hall–Kier alpha value is -3.15. The van der Waals surface area contributed by atoms with Gasteiger partial charge in [0.15, 0.2) is 12.4 Å². The first kappa shape index (κ1) is 22.5. The number of para-hydroxylation sites is 1. The maximum Gasteiger partial charge on any atom is 0.311 e. The van der Waals surface area contributed by atoms with Crippen LogP contribution in [0.2, 0.25) is 0 Å². The number of amides is 1. The number of unbranched alkanes of at least 4 members (excludes halogenated alkanes) is 1. The lowest BCUT2D eigenvalue weighted by Crippen LogP contribution is -2.46. The fourth-order valence-electron chi connectivity index (χ4n) is 4.04. The van der Waals surface area contributed by atoms with Crippen LogP contribution in [-0.4, -0.2) is 42.8 Å². The highest BCUT2D eigenvalue weighted by atomic mass is 16.5. The number of Topliss-reactive ketones (excluding diaryl/α,β-unsaturated/α-hetero) is 1. The smallest absolute Gasteiger partial charge is 0.311 e. The molecule has 1 fully saturated rings. The van der Waals surface area contributed by atoms with Crippen LogP contribution in [0.1, 0.15) is 54.6 Å². The normalized spacial score (nSPS) is 18.5. The van der Waals surface area contributed by atoms with Crippen LogP contribution in [0.3, 0.4) is 0 Å². The second-order valence-corrected chi connectivity index (χ2v) is 7.67. The highest BCUT2D eigenvalue weighted by Crippen LogP contribution is 2.41. The Balaban J connectivity index is 1.84. The fraction of sp³-hybridized carbons (Fsp3) is 0.400. The predicted octanol–water partition coefficient (Wildman–Crippen LogP) is 4.20. The Kier molecular flexibility index (Phi) is 7.82. The summed E-state index contributed by atoms with van der Waals surface area (Å²) in [5.41, 5.74) is 1.28. The Labute approximate surface area is 183 Å². The summed E-state index contributed by atoms with van der Waals surface area (Å²) < 4.78 is 11.0. The molecule has 0 aromatic heterocycles. The van der Waals surface area contributed by atoms with E-state index in [0.717, 1.165) is 18.4 Å². The average molecular weight is 424 g/mol. The summed E-state index contributed by atoms with van der Waals surface area (Å²) in [6.07, 6.45) is 2.43. The number of rotatable bonds is 9. The second kappa shape index (κ2) is 10.8. The van der Waals surface area contributed by atoms with Gasteiger partial charge in [-0.05, 0) is 18.9 Å². The Morgan fingerprint density at radius 3 is 2.48 bits per heavy atom. The van der Waals surface area contributed by atoms with Crippen molar-refractivity contribution in [2.24, 2.45) is 5.92 Å². The molecule has 3 rings (SSSR count). The lowest BCUT2D eigenvalue weighted by Gasteiger charge is -2.40. The number of methoxy groups -OCH3 is 1. The van der Waals surface area contributed by atoms with Crippen LogP contribution >= 0.6 is 0 Å². The molecule has 6 heteroatoms. The van der Waals surface area contributed by atoms with E-state index in [9.17, 15) is 14.4 Å². The van der Waals surface area contributed by atoms with E-state index in [0.29, 0.717) is 24.3 Å². The molecule has 1 aliphatic heterocycles. The van der Waals surface area contributed by atoms with E-state index in [-0.39, 0.29) is 24.7 Å². The average Bonchev–Trinajstić information content (AvgIpc) is 2.81. The number of carbonyl (C=O) groups excluding carboxylic acids is 3. The molecular formula is C25H29NO5. The number of ketones is 1. The van der Waals surface area contributed by atoms with Crippen molar-refractivity contribution in [1.82, 2.24) is 4.90 Å². The highest BCUT2D eigenvalue weighted by Gasteiger charge is 2.42. The minimum absolute atomic E-state index is 0.0220. The largest absolute Gasteiger partial charge is 0.496 e. The van der Waals surface area contributed by atoms with Crippen LogP contribution in [0.15, 0.2) is 54.6 Å². The van der Waals surface area contributed by atoms with Gasteiger partial charge in [-0.1, -0.05) is 61.9 Å². The van der Waals surface area contributed by atoms with Gasteiger partial charge in [-0.2, -0.15) is 0 Å². The number of hydrogen-bond donors (Lipinski definition) is 0. The molecule has 31 heavy (non-hydrogen) atoms. The maximum atomic E-state index is 13.1. The van der Waals surface area contributed by atoms with E-state index < -0.39 is 17.9 Å². The molecule has 2 atom stereocenters. The Bertz CT molecular complexity index is 911. The van der Waals surface area contributed by atoms with Crippen LogP contribution < -0.4 is 4.74 Å². The van der Waals surface area contributed by atoms with Crippen LogP contribution in [0, 0.1) is 5.92 Å². The van der Waals surface area contributed by atoms with Gasteiger partial charge in [0, 0.05) is 24.1 Å². The van der Waals surface area contributed by atoms with Crippen molar-refractivity contribution < 1.29 is 23.9 Å². The summed E-state index contributed by atoms with van der Waals surface area (Å²) in [5.74, 6) is -0.628. The second-order valence-electron chi connectivity index (χ2n) is 7.67. The number of piperidine rings is 1. The molecule has 2 aromatic carbocycles. The fourth-order valence-corrected chi connectivity index (χ4v) is 4.04. The molecule has 0 radical (unpaired) electrons. The zero-order valence-corrected chi connectivity index (χ0v) is 18.1. The van der Waals surface area contributed by atoms with Gasteiger partial charge < -0.3 is 14.4 Å². The Morgan fingerprint density at radius 2 is 1.77 bits per heavy atom. The van der Waals surface area contributed by atoms with E-state index >= 15 is 0 Å². The number of carbonyl (C=O) groups is 3. The van der Waals surface area contributed by atoms with E-state index in [1.807, 2.05) is 30.3 Å². The zero-order chi connectivity index (χ0) is 22.2. The van der Waals surface area contributed by atoms with Crippen molar-refractivity contribution in [2.45, 2.75) is 38.6 Å². The first-order chi connectivity index (χ1) is 15.1. The number of ether oxygens (including phenoxy) is 2. The van der Waals surface area contributed by atoms with Crippen molar-refractivity contribution in [3.05, 3.63) is 65.7 Å². The number of hydrogen-bond acceptors (Lipinski definition) is 5. The van der Waals surface area contributed by atoms with Crippen molar-refractivity contribution in [3.8, 4) is 5.75 Å². The molecule has 1 amide bonds. The summed E-state index contributed by atoms with van der Waals surface area (Å²) in [4.78, 5) is 40.0. The van der Waals surface area contributed by atoms with Gasteiger partial charge in [0.2, 0.25) is 5.91 Å². The van der Waals surface area contributed by atoms with E-state index in [2.05, 4.69) is 6.92 Å². The molecule has 1 saturated heterocycles. The van der Waals surface area contributed by atoms with Gasteiger partial charge in [0.1, 0.15) is 5.75 Å². The molecule has 1 heterocycles. The summed E-state index contributed by atoms with van der Waals surface area (Å²) >= 11 is 0. The molecule has 0 bridgehead atoms. The number of likely N-dealkylation sites (tertiary alicyclic amines) is 1. The van der Waals surface area contributed by atoms with Gasteiger partial charge in [0.05, 0.1) is 19.1 Å². The van der Waals surface area contributed by atoms with E-state index in [1.165, 1.54) is 0 Å².